The van der Waals surface area contributed by atoms with Gasteiger partial charge in [0.2, 0.25) is 0 Å². The molecule has 0 aromatic heterocycles. The van der Waals surface area contributed by atoms with Crippen LogP contribution in [0.5, 0.6) is 0 Å². The number of carboxylic acids is 1. The van der Waals surface area contributed by atoms with E-state index in [0.717, 1.165) is 26.2 Å². The maximum Gasteiger partial charge on any atom is 0.300 e. The zero-order valence-corrected chi connectivity index (χ0v) is 11.4. The van der Waals surface area contributed by atoms with Crippen LogP contribution in [0.3, 0.4) is 0 Å². The maximum absolute atomic E-state index is 9.73. The van der Waals surface area contributed by atoms with E-state index in [1.165, 1.54) is 11.1 Å². The van der Waals surface area contributed by atoms with Crippen LogP contribution in [-0.2, 0) is 4.79 Å². The smallest absolute Gasteiger partial charge is 0.300 e. The molecule has 1 atom stereocenters. The lowest BCUT2D eigenvalue weighted by Gasteiger charge is -2.21. The first kappa shape index (κ1) is 17.6. The average Bonchev–Trinajstić information content (AvgIpc) is 2.13. The van der Waals surface area contributed by atoms with Gasteiger partial charge in [0, 0.05) is 6.92 Å². The molecule has 0 spiro atoms. The number of hydrogen-bond acceptors (Lipinski definition) is 2. The SMILES string of the molecule is CC(=O)O.CCC(C)(O)CCC(C)=C(C)C. The lowest BCUT2D eigenvalue weighted by Crippen LogP contribution is -2.22. The highest BCUT2D eigenvalue weighted by molar-refractivity contribution is 5.62. The Balaban J connectivity index is 0. The molecule has 0 amide bonds. The Labute approximate surface area is 99.2 Å². The van der Waals surface area contributed by atoms with Crippen molar-refractivity contribution in [1.82, 2.24) is 0 Å². The van der Waals surface area contributed by atoms with E-state index in [2.05, 4.69) is 20.8 Å². The summed E-state index contributed by atoms with van der Waals surface area (Å²) in [5.74, 6) is -0.833. The van der Waals surface area contributed by atoms with Crippen LogP contribution in [0.25, 0.3) is 0 Å². The Morgan fingerprint density at radius 1 is 1.19 bits per heavy atom. The molecule has 0 fully saturated rings. The molecule has 16 heavy (non-hydrogen) atoms. The fourth-order valence-corrected chi connectivity index (χ4v) is 0.884. The average molecular weight is 230 g/mol. The standard InChI is InChI=1S/C11H22O.C2H4O2/c1-6-11(5,12)8-7-10(4)9(2)3;1-2(3)4/h12H,6-8H2,1-5H3;1H3,(H,3,4). The number of hydrogen-bond donors (Lipinski definition) is 2. The summed E-state index contributed by atoms with van der Waals surface area (Å²) in [4.78, 5) is 9.00. The Morgan fingerprint density at radius 2 is 1.56 bits per heavy atom. The largest absolute Gasteiger partial charge is 0.481 e. The van der Waals surface area contributed by atoms with Crippen molar-refractivity contribution >= 4 is 5.97 Å². The number of carboxylic acid groups (broad SMARTS) is 1. The summed E-state index contributed by atoms with van der Waals surface area (Å²) in [6.45, 7) is 11.4. The van der Waals surface area contributed by atoms with E-state index >= 15 is 0 Å². The minimum Gasteiger partial charge on any atom is -0.481 e. The summed E-state index contributed by atoms with van der Waals surface area (Å²) in [7, 11) is 0. The monoisotopic (exact) mass is 230 g/mol. The van der Waals surface area contributed by atoms with Crippen LogP contribution in [0.2, 0.25) is 0 Å². The second-order valence-corrected chi connectivity index (χ2v) is 4.65. The van der Waals surface area contributed by atoms with Gasteiger partial charge in [0.1, 0.15) is 0 Å². The van der Waals surface area contributed by atoms with Crippen molar-refractivity contribution in [1.29, 1.82) is 0 Å². The van der Waals surface area contributed by atoms with E-state index in [9.17, 15) is 5.11 Å². The molecule has 96 valence electrons. The molecule has 2 N–H and O–H groups in total. The minimum absolute atomic E-state index is 0.475. The number of carbonyl (C=O) groups is 1. The third-order valence-electron chi connectivity index (χ3n) is 2.65. The molecular formula is C13H26O3. The Bertz CT molecular complexity index is 232. The molecule has 0 aliphatic carbocycles. The number of aliphatic carboxylic acids is 1. The van der Waals surface area contributed by atoms with Gasteiger partial charge in [-0.2, -0.15) is 0 Å². The topological polar surface area (TPSA) is 57.5 Å². The van der Waals surface area contributed by atoms with Crippen LogP contribution in [0.15, 0.2) is 11.1 Å². The third-order valence-corrected chi connectivity index (χ3v) is 2.65. The van der Waals surface area contributed by atoms with Crippen molar-refractivity contribution in [3.8, 4) is 0 Å². The summed E-state index contributed by atoms with van der Waals surface area (Å²) >= 11 is 0. The predicted octanol–water partition coefficient (Wildman–Crippen LogP) is 3.37. The zero-order chi connectivity index (χ0) is 13.4. The van der Waals surface area contributed by atoms with Gasteiger partial charge in [0.15, 0.2) is 0 Å². The van der Waals surface area contributed by atoms with Crippen LogP contribution < -0.4 is 0 Å². The number of allylic oxidation sites excluding steroid dienone is 2. The number of rotatable bonds is 4. The van der Waals surface area contributed by atoms with Crippen LogP contribution in [-0.4, -0.2) is 21.8 Å². The molecule has 0 saturated heterocycles. The maximum atomic E-state index is 9.73. The molecule has 0 aromatic rings. The number of aliphatic hydroxyl groups is 1. The third kappa shape index (κ3) is 13.2. The zero-order valence-electron chi connectivity index (χ0n) is 11.4. The van der Waals surface area contributed by atoms with Crippen molar-refractivity contribution in [2.45, 2.75) is 66.4 Å². The molecule has 0 aromatic carbocycles. The second kappa shape index (κ2) is 8.34. The van der Waals surface area contributed by atoms with Gasteiger partial charge in [-0.05, 0) is 47.0 Å². The van der Waals surface area contributed by atoms with E-state index in [1.54, 1.807) is 0 Å². The minimum atomic E-state index is -0.833. The summed E-state index contributed by atoms with van der Waals surface area (Å²) in [5.41, 5.74) is 2.31. The quantitative estimate of drug-likeness (QED) is 0.728. The second-order valence-electron chi connectivity index (χ2n) is 4.65. The fraction of sp³-hybridized carbons (Fsp3) is 0.769. The molecular weight excluding hydrogens is 204 g/mol. The highest BCUT2D eigenvalue weighted by atomic mass is 16.4. The Kier molecular flexibility index (Phi) is 9.15. The van der Waals surface area contributed by atoms with Gasteiger partial charge < -0.3 is 10.2 Å². The van der Waals surface area contributed by atoms with Gasteiger partial charge >= 0.3 is 0 Å². The summed E-state index contributed by atoms with van der Waals surface area (Å²) < 4.78 is 0. The van der Waals surface area contributed by atoms with E-state index < -0.39 is 11.6 Å². The van der Waals surface area contributed by atoms with Gasteiger partial charge in [-0.3, -0.25) is 4.79 Å². The van der Waals surface area contributed by atoms with Gasteiger partial charge in [-0.1, -0.05) is 18.1 Å². The molecule has 0 saturated carbocycles. The van der Waals surface area contributed by atoms with Gasteiger partial charge in [-0.25, -0.2) is 0 Å². The molecule has 1 unspecified atom stereocenters. The highest BCUT2D eigenvalue weighted by Gasteiger charge is 2.16. The normalized spacial score (nSPS) is 13.2. The van der Waals surface area contributed by atoms with Crippen molar-refractivity contribution in [3.63, 3.8) is 0 Å². The van der Waals surface area contributed by atoms with E-state index in [0.29, 0.717) is 0 Å². The molecule has 0 radical (unpaired) electrons. The first-order valence-corrected chi connectivity index (χ1v) is 5.67. The van der Waals surface area contributed by atoms with E-state index in [4.69, 9.17) is 9.90 Å². The summed E-state index contributed by atoms with van der Waals surface area (Å²) in [5, 5.41) is 17.1. The van der Waals surface area contributed by atoms with Crippen LogP contribution >= 0.6 is 0 Å². The van der Waals surface area contributed by atoms with Crippen molar-refractivity contribution in [2.24, 2.45) is 0 Å². The lowest BCUT2D eigenvalue weighted by molar-refractivity contribution is -0.134. The van der Waals surface area contributed by atoms with E-state index in [-0.39, 0.29) is 0 Å². The summed E-state index contributed by atoms with van der Waals surface area (Å²) in [6, 6.07) is 0. The molecule has 3 heteroatoms. The Morgan fingerprint density at radius 3 is 1.81 bits per heavy atom. The lowest BCUT2D eigenvalue weighted by atomic mass is 9.94. The van der Waals surface area contributed by atoms with Crippen molar-refractivity contribution in [3.05, 3.63) is 11.1 Å². The highest BCUT2D eigenvalue weighted by Crippen LogP contribution is 2.20. The van der Waals surface area contributed by atoms with Crippen LogP contribution in [0.4, 0.5) is 0 Å². The molecule has 3 nitrogen and oxygen atoms in total. The molecule has 0 aliphatic rings. The van der Waals surface area contributed by atoms with Crippen LogP contribution in [0, 0.1) is 0 Å². The van der Waals surface area contributed by atoms with Crippen molar-refractivity contribution < 1.29 is 15.0 Å². The first-order valence-electron chi connectivity index (χ1n) is 5.67. The molecule has 0 bridgehead atoms. The van der Waals surface area contributed by atoms with Crippen molar-refractivity contribution in [2.75, 3.05) is 0 Å². The summed E-state index contributed by atoms with van der Waals surface area (Å²) in [6.07, 6.45) is 2.73. The Hall–Kier alpha value is -0.830. The predicted molar refractivity (Wildman–Crippen MR) is 67.5 cm³/mol. The van der Waals surface area contributed by atoms with Gasteiger partial charge in [0.25, 0.3) is 5.97 Å². The van der Waals surface area contributed by atoms with E-state index in [1.807, 2.05) is 13.8 Å². The van der Waals surface area contributed by atoms with Gasteiger partial charge in [-0.15, -0.1) is 0 Å². The first-order chi connectivity index (χ1) is 7.12. The fourth-order valence-electron chi connectivity index (χ4n) is 0.884. The molecule has 0 heterocycles. The molecule has 0 rings (SSSR count). The van der Waals surface area contributed by atoms with Gasteiger partial charge in [0.05, 0.1) is 5.60 Å². The van der Waals surface area contributed by atoms with Crippen LogP contribution in [0.1, 0.15) is 60.8 Å². The molecule has 0 aliphatic heterocycles.